The number of rotatable bonds is 8. The van der Waals surface area contributed by atoms with E-state index in [4.69, 9.17) is 4.43 Å². The van der Waals surface area contributed by atoms with Gasteiger partial charge in [-0.2, -0.15) is 0 Å². The number of para-hydroxylation sites is 1. The minimum absolute atomic E-state index is 0.0668. The van der Waals surface area contributed by atoms with Gasteiger partial charge in [0, 0.05) is 23.4 Å². The van der Waals surface area contributed by atoms with E-state index in [9.17, 15) is 4.79 Å². The van der Waals surface area contributed by atoms with Crippen molar-refractivity contribution >= 4 is 35.4 Å². The summed E-state index contributed by atoms with van der Waals surface area (Å²) in [4.78, 5) is 17.0. The Morgan fingerprint density at radius 1 is 0.946 bits per heavy atom. The molecule has 0 aliphatic heterocycles. The molecular formula is C33H37NO2Si. The van der Waals surface area contributed by atoms with E-state index >= 15 is 0 Å². The van der Waals surface area contributed by atoms with Gasteiger partial charge in [-0.05, 0) is 52.2 Å². The van der Waals surface area contributed by atoms with Gasteiger partial charge in [-0.25, -0.2) is 0 Å². The van der Waals surface area contributed by atoms with Crippen molar-refractivity contribution in [2.75, 3.05) is 6.61 Å². The van der Waals surface area contributed by atoms with Crippen molar-refractivity contribution in [3.8, 4) is 0 Å². The fourth-order valence-electron chi connectivity index (χ4n) is 6.33. The topological polar surface area (TPSA) is 42.1 Å². The Morgan fingerprint density at radius 2 is 1.54 bits per heavy atom. The average molecular weight is 508 g/mol. The number of allylic oxidation sites excluding steroid dienone is 1. The third-order valence-corrected chi connectivity index (χ3v) is 13.1. The highest BCUT2D eigenvalue weighted by Gasteiger charge is 2.50. The number of hydrogen-bond acceptors (Lipinski definition) is 2. The second-order valence-corrected chi connectivity index (χ2v) is 15.6. The number of ketones is 1. The maximum absolute atomic E-state index is 13.6. The summed E-state index contributed by atoms with van der Waals surface area (Å²) >= 11 is 0. The lowest BCUT2D eigenvalue weighted by Crippen LogP contribution is -2.66. The molecule has 2 atom stereocenters. The number of carbonyl (C=O) groups is 1. The fraction of sp³-hybridized carbons (Fsp3) is 0.303. The molecule has 1 aromatic heterocycles. The van der Waals surface area contributed by atoms with Gasteiger partial charge in [0.05, 0.1) is 5.69 Å². The largest absolute Gasteiger partial charge is 0.407 e. The predicted molar refractivity (Wildman–Crippen MR) is 156 cm³/mol. The van der Waals surface area contributed by atoms with E-state index in [2.05, 4.69) is 111 Å². The number of Topliss-reactive ketones (excluding diaryl/α,β-unsaturated/α-hetero) is 1. The lowest BCUT2D eigenvalue weighted by molar-refractivity contribution is 0.0830. The molecule has 1 heterocycles. The molecule has 4 heteroatoms. The summed E-state index contributed by atoms with van der Waals surface area (Å²) in [5, 5.41) is 3.67. The second kappa shape index (κ2) is 10.3. The fourth-order valence-corrected chi connectivity index (χ4v) is 10.9. The number of nitrogens with one attached hydrogen (secondary N) is 1. The van der Waals surface area contributed by atoms with Crippen LogP contribution in [0, 0.1) is 11.8 Å². The monoisotopic (exact) mass is 507 g/mol. The molecule has 190 valence electrons. The molecule has 1 N–H and O–H groups in total. The van der Waals surface area contributed by atoms with Gasteiger partial charge in [0.2, 0.25) is 0 Å². The predicted octanol–water partition coefficient (Wildman–Crippen LogP) is 6.68. The van der Waals surface area contributed by atoms with E-state index in [1.807, 2.05) is 12.1 Å². The molecule has 0 radical (unpaired) electrons. The minimum atomic E-state index is -2.60. The van der Waals surface area contributed by atoms with Crippen LogP contribution in [0.15, 0.2) is 97.6 Å². The zero-order chi connectivity index (χ0) is 26.0. The maximum Gasteiger partial charge on any atom is 0.261 e. The molecule has 0 spiro atoms. The molecular weight excluding hydrogens is 470 g/mol. The molecule has 0 bridgehead atoms. The summed E-state index contributed by atoms with van der Waals surface area (Å²) in [6.07, 6.45) is 4.31. The first-order valence-corrected chi connectivity index (χ1v) is 15.3. The SMILES string of the molecule is C=CC[C@@H]1C(=O)c2[nH]c3ccccc3c2C[C@H]1CCO[Si](c1ccccc1)(c1ccccc1)C(C)(C)C. The summed E-state index contributed by atoms with van der Waals surface area (Å²) in [5.41, 5.74) is 3.00. The van der Waals surface area contributed by atoms with Crippen molar-refractivity contribution < 1.29 is 9.22 Å². The van der Waals surface area contributed by atoms with E-state index in [0.717, 1.165) is 29.6 Å². The van der Waals surface area contributed by atoms with Crippen LogP contribution < -0.4 is 10.4 Å². The van der Waals surface area contributed by atoms with Crippen molar-refractivity contribution in [3.63, 3.8) is 0 Å². The van der Waals surface area contributed by atoms with Gasteiger partial charge < -0.3 is 9.41 Å². The van der Waals surface area contributed by atoms with Crippen LogP contribution >= 0.6 is 0 Å². The van der Waals surface area contributed by atoms with Gasteiger partial charge in [0.15, 0.2) is 5.78 Å². The molecule has 0 saturated heterocycles. The van der Waals surface area contributed by atoms with Gasteiger partial charge in [0.25, 0.3) is 8.32 Å². The first kappa shape index (κ1) is 25.4. The number of carbonyl (C=O) groups excluding carboxylic acids is 1. The van der Waals surface area contributed by atoms with Gasteiger partial charge in [-0.3, -0.25) is 4.79 Å². The molecule has 0 amide bonds. The zero-order valence-electron chi connectivity index (χ0n) is 22.2. The third-order valence-electron chi connectivity index (χ3n) is 8.08. The molecule has 37 heavy (non-hydrogen) atoms. The summed E-state index contributed by atoms with van der Waals surface area (Å²) in [6.45, 7) is 11.5. The minimum Gasteiger partial charge on any atom is -0.407 e. The second-order valence-electron chi connectivity index (χ2n) is 11.3. The molecule has 3 aromatic carbocycles. The Kier molecular flexibility index (Phi) is 7.06. The lowest BCUT2D eigenvalue weighted by Gasteiger charge is -2.43. The summed E-state index contributed by atoms with van der Waals surface area (Å²) in [7, 11) is -2.60. The van der Waals surface area contributed by atoms with E-state index in [1.165, 1.54) is 15.8 Å². The maximum atomic E-state index is 13.6. The number of aromatic nitrogens is 1. The highest BCUT2D eigenvalue weighted by atomic mass is 28.4. The number of aromatic amines is 1. The Morgan fingerprint density at radius 3 is 2.14 bits per heavy atom. The van der Waals surface area contributed by atoms with Crippen LogP contribution in [-0.2, 0) is 10.8 Å². The highest BCUT2D eigenvalue weighted by Crippen LogP contribution is 2.40. The molecule has 0 saturated carbocycles. The van der Waals surface area contributed by atoms with E-state index < -0.39 is 8.32 Å². The normalized spacial score (nSPS) is 18.1. The molecule has 3 nitrogen and oxygen atoms in total. The van der Waals surface area contributed by atoms with Crippen LogP contribution in [0.25, 0.3) is 10.9 Å². The van der Waals surface area contributed by atoms with E-state index in [1.54, 1.807) is 0 Å². The third kappa shape index (κ3) is 4.53. The summed E-state index contributed by atoms with van der Waals surface area (Å²) < 4.78 is 7.18. The number of H-pyrrole nitrogens is 1. The highest BCUT2D eigenvalue weighted by molar-refractivity contribution is 6.99. The first-order chi connectivity index (χ1) is 17.9. The standard InChI is InChI=1S/C33H37NO2Si/c1-5-14-27-24(23-29-28-19-12-13-20-30(28)34-31(29)32(27)35)21-22-36-37(33(2,3)4,25-15-8-6-9-16-25)26-17-10-7-11-18-26/h5-13,15-20,24,27,34H,1,14,21-23H2,2-4H3/t24-,27+/m1/s1. The smallest absolute Gasteiger partial charge is 0.261 e. The van der Waals surface area contributed by atoms with Gasteiger partial charge in [0.1, 0.15) is 0 Å². The Hall–Kier alpha value is -3.21. The first-order valence-electron chi connectivity index (χ1n) is 13.4. The number of hydrogen-bond donors (Lipinski definition) is 1. The van der Waals surface area contributed by atoms with Crippen LogP contribution in [0.4, 0.5) is 0 Å². The number of fused-ring (bicyclic) bond motifs is 3. The summed E-state index contributed by atoms with van der Waals surface area (Å²) in [5.74, 6) is 0.365. The summed E-state index contributed by atoms with van der Waals surface area (Å²) in [6, 6.07) is 29.8. The van der Waals surface area contributed by atoms with Crippen molar-refractivity contribution in [1.82, 2.24) is 4.98 Å². The van der Waals surface area contributed by atoms with Gasteiger partial charge >= 0.3 is 0 Å². The molecule has 1 aliphatic carbocycles. The van der Waals surface area contributed by atoms with Crippen molar-refractivity contribution in [2.24, 2.45) is 11.8 Å². The van der Waals surface area contributed by atoms with Crippen molar-refractivity contribution in [2.45, 2.75) is 45.1 Å². The average Bonchev–Trinajstić information content (AvgIpc) is 3.28. The van der Waals surface area contributed by atoms with Crippen LogP contribution in [0.2, 0.25) is 5.04 Å². The Balaban J connectivity index is 1.48. The zero-order valence-corrected chi connectivity index (χ0v) is 23.2. The molecule has 4 aromatic rings. The Labute approximate surface area is 221 Å². The quantitative estimate of drug-likeness (QED) is 0.213. The van der Waals surface area contributed by atoms with Crippen LogP contribution in [-0.4, -0.2) is 25.7 Å². The molecule has 0 unspecified atom stereocenters. The number of benzene rings is 3. The van der Waals surface area contributed by atoms with Gasteiger partial charge in [-0.15, -0.1) is 6.58 Å². The van der Waals surface area contributed by atoms with E-state index in [-0.39, 0.29) is 22.7 Å². The van der Waals surface area contributed by atoms with E-state index in [0.29, 0.717) is 13.0 Å². The molecule has 0 fully saturated rings. The van der Waals surface area contributed by atoms with Crippen molar-refractivity contribution in [3.05, 3.63) is 109 Å². The van der Waals surface area contributed by atoms with Crippen LogP contribution in [0.5, 0.6) is 0 Å². The van der Waals surface area contributed by atoms with Crippen LogP contribution in [0.3, 0.4) is 0 Å². The lowest BCUT2D eigenvalue weighted by atomic mass is 9.74. The molecule has 5 rings (SSSR count). The molecule has 1 aliphatic rings. The van der Waals surface area contributed by atoms with Crippen molar-refractivity contribution in [1.29, 1.82) is 0 Å². The van der Waals surface area contributed by atoms with Crippen LogP contribution in [0.1, 0.15) is 49.7 Å². The Bertz CT molecular complexity index is 1340. The van der Waals surface area contributed by atoms with Gasteiger partial charge in [-0.1, -0.05) is 106 Å².